The van der Waals surface area contributed by atoms with Gasteiger partial charge in [0.2, 0.25) is 0 Å². The maximum atomic E-state index is 5.82. The Bertz CT molecular complexity index is 529. The summed E-state index contributed by atoms with van der Waals surface area (Å²) in [6.45, 7) is 3.19. The van der Waals surface area contributed by atoms with E-state index in [-0.39, 0.29) is 0 Å². The summed E-state index contributed by atoms with van der Waals surface area (Å²) >= 11 is 0. The molecule has 0 fully saturated rings. The molecule has 2 N–H and O–H groups in total. The van der Waals surface area contributed by atoms with E-state index in [9.17, 15) is 0 Å². The Morgan fingerprint density at radius 3 is 2.65 bits per heavy atom. The van der Waals surface area contributed by atoms with Crippen molar-refractivity contribution in [3.63, 3.8) is 0 Å². The zero-order valence-electron chi connectivity index (χ0n) is 11.7. The average Bonchev–Trinajstić information content (AvgIpc) is 2.48. The number of aromatic nitrogens is 1. The molecule has 1 aromatic carbocycles. The number of aryl methyl sites for hydroxylation is 1. The molecule has 0 bridgehead atoms. The quantitative estimate of drug-likeness (QED) is 0.621. The van der Waals surface area contributed by atoms with Crippen molar-refractivity contribution in [1.82, 2.24) is 4.98 Å². The first kappa shape index (κ1) is 14.2. The molecule has 0 amide bonds. The van der Waals surface area contributed by atoms with Crippen LogP contribution in [0.5, 0.6) is 11.5 Å². The molecule has 0 spiro atoms. The number of ether oxygens (including phenoxy) is 2. The van der Waals surface area contributed by atoms with Gasteiger partial charge in [-0.05, 0) is 49.6 Å². The smallest absolute Gasteiger partial charge is 0.145 e. The number of pyridine rings is 1. The molecule has 1 heterocycles. The van der Waals surface area contributed by atoms with Gasteiger partial charge in [0, 0.05) is 18.5 Å². The van der Waals surface area contributed by atoms with Crippen molar-refractivity contribution in [1.29, 1.82) is 0 Å². The SMILES string of the molecule is CCOc1cc(OCCCc2ccncc2)ccc1N. The van der Waals surface area contributed by atoms with Crippen LogP contribution in [0.3, 0.4) is 0 Å². The van der Waals surface area contributed by atoms with Crippen LogP contribution in [0.15, 0.2) is 42.7 Å². The van der Waals surface area contributed by atoms with Gasteiger partial charge in [0.05, 0.1) is 18.9 Å². The Hall–Kier alpha value is -2.23. The van der Waals surface area contributed by atoms with Crippen LogP contribution in [0.25, 0.3) is 0 Å². The fourth-order valence-corrected chi connectivity index (χ4v) is 1.90. The van der Waals surface area contributed by atoms with Gasteiger partial charge in [-0.3, -0.25) is 4.98 Å². The minimum atomic E-state index is 0.593. The molecule has 0 atom stereocenters. The van der Waals surface area contributed by atoms with E-state index in [4.69, 9.17) is 15.2 Å². The third-order valence-corrected chi connectivity index (χ3v) is 2.91. The minimum Gasteiger partial charge on any atom is -0.493 e. The van der Waals surface area contributed by atoms with Gasteiger partial charge in [-0.1, -0.05) is 0 Å². The maximum Gasteiger partial charge on any atom is 0.145 e. The lowest BCUT2D eigenvalue weighted by Gasteiger charge is -2.10. The van der Waals surface area contributed by atoms with Crippen molar-refractivity contribution >= 4 is 5.69 Å². The highest BCUT2D eigenvalue weighted by molar-refractivity contribution is 5.55. The lowest BCUT2D eigenvalue weighted by atomic mass is 10.1. The summed E-state index contributed by atoms with van der Waals surface area (Å²) in [6, 6.07) is 9.56. The van der Waals surface area contributed by atoms with Crippen LogP contribution < -0.4 is 15.2 Å². The third kappa shape index (κ3) is 4.16. The van der Waals surface area contributed by atoms with Crippen LogP contribution in [0.2, 0.25) is 0 Å². The fourth-order valence-electron chi connectivity index (χ4n) is 1.90. The van der Waals surface area contributed by atoms with Crippen LogP contribution in [0, 0.1) is 0 Å². The van der Waals surface area contributed by atoms with Crippen molar-refractivity contribution in [3.05, 3.63) is 48.3 Å². The standard InChI is InChI=1S/C16H20N2O2/c1-2-19-16-12-14(5-6-15(16)17)20-11-3-4-13-7-9-18-10-8-13/h5-10,12H,2-4,11,17H2,1H3. The molecule has 0 saturated heterocycles. The van der Waals surface area contributed by atoms with Crippen LogP contribution in [0.1, 0.15) is 18.9 Å². The van der Waals surface area contributed by atoms with Crippen LogP contribution in [0.4, 0.5) is 5.69 Å². The van der Waals surface area contributed by atoms with Crippen LogP contribution >= 0.6 is 0 Å². The molecule has 0 aliphatic carbocycles. The average molecular weight is 272 g/mol. The molecule has 0 aliphatic rings. The van der Waals surface area contributed by atoms with E-state index >= 15 is 0 Å². The Balaban J connectivity index is 1.80. The van der Waals surface area contributed by atoms with Crippen molar-refractivity contribution < 1.29 is 9.47 Å². The molecule has 0 radical (unpaired) electrons. The number of nitrogens with zero attached hydrogens (tertiary/aromatic N) is 1. The van der Waals surface area contributed by atoms with Gasteiger partial charge < -0.3 is 15.2 Å². The third-order valence-electron chi connectivity index (χ3n) is 2.91. The number of nitrogens with two attached hydrogens (primary N) is 1. The predicted octanol–water partition coefficient (Wildman–Crippen LogP) is 3.07. The highest BCUT2D eigenvalue weighted by atomic mass is 16.5. The lowest BCUT2D eigenvalue weighted by Crippen LogP contribution is -2.01. The number of anilines is 1. The van der Waals surface area contributed by atoms with Crippen molar-refractivity contribution in [2.75, 3.05) is 18.9 Å². The van der Waals surface area contributed by atoms with Crippen molar-refractivity contribution in [2.24, 2.45) is 0 Å². The first-order valence-corrected chi connectivity index (χ1v) is 6.83. The predicted molar refractivity (Wildman–Crippen MR) is 80.1 cm³/mol. The molecule has 4 heteroatoms. The maximum absolute atomic E-state index is 5.82. The number of hydrogen-bond donors (Lipinski definition) is 1. The first-order valence-electron chi connectivity index (χ1n) is 6.83. The molecule has 4 nitrogen and oxygen atoms in total. The Labute approximate surface area is 119 Å². The summed E-state index contributed by atoms with van der Waals surface area (Å²) < 4.78 is 11.2. The summed E-state index contributed by atoms with van der Waals surface area (Å²) in [4.78, 5) is 4.00. The topological polar surface area (TPSA) is 57.4 Å². The zero-order chi connectivity index (χ0) is 14.2. The summed E-state index contributed by atoms with van der Waals surface area (Å²) in [5, 5.41) is 0. The largest absolute Gasteiger partial charge is 0.493 e. The van der Waals surface area contributed by atoms with Gasteiger partial charge in [-0.2, -0.15) is 0 Å². The van der Waals surface area contributed by atoms with Crippen LogP contribution in [-0.4, -0.2) is 18.2 Å². The van der Waals surface area contributed by atoms with Gasteiger partial charge >= 0.3 is 0 Å². The summed E-state index contributed by atoms with van der Waals surface area (Å²) in [7, 11) is 0. The number of nitrogen functional groups attached to an aromatic ring is 1. The minimum absolute atomic E-state index is 0.593. The second kappa shape index (κ2) is 7.38. The summed E-state index contributed by atoms with van der Waals surface area (Å²) in [5.74, 6) is 1.47. The van der Waals surface area contributed by atoms with E-state index in [2.05, 4.69) is 4.98 Å². The number of rotatable bonds is 7. The van der Waals surface area contributed by atoms with Gasteiger partial charge in [-0.25, -0.2) is 0 Å². The molecular weight excluding hydrogens is 252 g/mol. The molecule has 20 heavy (non-hydrogen) atoms. The van der Waals surface area contributed by atoms with Gasteiger partial charge in [0.25, 0.3) is 0 Å². The molecule has 2 aromatic rings. The highest BCUT2D eigenvalue weighted by Crippen LogP contribution is 2.26. The molecule has 2 rings (SSSR count). The number of hydrogen-bond acceptors (Lipinski definition) is 4. The molecule has 0 aliphatic heterocycles. The Morgan fingerprint density at radius 2 is 1.90 bits per heavy atom. The van der Waals surface area contributed by atoms with E-state index in [0.717, 1.165) is 18.6 Å². The van der Waals surface area contributed by atoms with Crippen molar-refractivity contribution in [3.8, 4) is 11.5 Å². The fraction of sp³-hybridized carbons (Fsp3) is 0.312. The van der Waals surface area contributed by atoms with E-state index in [1.54, 1.807) is 0 Å². The summed E-state index contributed by atoms with van der Waals surface area (Å²) in [6.07, 6.45) is 5.56. The van der Waals surface area contributed by atoms with E-state index in [1.165, 1.54) is 5.56 Å². The number of benzene rings is 1. The second-order valence-electron chi connectivity index (χ2n) is 4.44. The molecule has 0 unspecified atom stereocenters. The van der Waals surface area contributed by atoms with Gasteiger partial charge in [0.1, 0.15) is 11.5 Å². The van der Waals surface area contributed by atoms with E-state index < -0.39 is 0 Å². The van der Waals surface area contributed by atoms with E-state index in [0.29, 0.717) is 24.7 Å². The van der Waals surface area contributed by atoms with Gasteiger partial charge in [0.15, 0.2) is 0 Å². The monoisotopic (exact) mass is 272 g/mol. The van der Waals surface area contributed by atoms with Crippen LogP contribution in [-0.2, 0) is 6.42 Å². The lowest BCUT2D eigenvalue weighted by molar-refractivity contribution is 0.304. The molecule has 0 saturated carbocycles. The molecular formula is C16H20N2O2. The van der Waals surface area contributed by atoms with Crippen molar-refractivity contribution in [2.45, 2.75) is 19.8 Å². The van der Waals surface area contributed by atoms with E-state index in [1.807, 2.05) is 49.6 Å². The van der Waals surface area contributed by atoms with Gasteiger partial charge in [-0.15, -0.1) is 0 Å². The second-order valence-corrected chi connectivity index (χ2v) is 4.44. The molecule has 106 valence electrons. The summed E-state index contributed by atoms with van der Waals surface area (Å²) in [5.41, 5.74) is 7.73. The highest BCUT2D eigenvalue weighted by Gasteiger charge is 2.02. The Morgan fingerprint density at radius 1 is 1.10 bits per heavy atom. The normalized spacial score (nSPS) is 10.2. The molecule has 1 aromatic heterocycles. The zero-order valence-corrected chi connectivity index (χ0v) is 11.7. The first-order chi connectivity index (χ1) is 9.79. The Kier molecular flexibility index (Phi) is 5.24.